The van der Waals surface area contributed by atoms with Gasteiger partial charge < -0.3 is 19.3 Å². The minimum Gasteiger partial charge on any atom is -0.362 e. The van der Waals surface area contributed by atoms with Gasteiger partial charge in [-0.1, -0.05) is 41.4 Å². The third-order valence-electron chi connectivity index (χ3n) is 4.76. The molecule has 1 aromatic rings. The first-order chi connectivity index (χ1) is 11.1. The van der Waals surface area contributed by atoms with Crippen LogP contribution < -0.4 is 0 Å². The molecule has 0 aliphatic carbocycles. The number of rotatable bonds is 4. The summed E-state index contributed by atoms with van der Waals surface area (Å²) in [6.45, 7) is 4.18. The lowest BCUT2D eigenvalue weighted by Gasteiger charge is -2.41. The van der Waals surface area contributed by atoms with Gasteiger partial charge in [-0.2, -0.15) is 0 Å². The van der Waals surface area contributed by atoms with Crippen molar-refractivity contribution in [2.75, 3.05) is 19.8 Å². The number of ether oxygens (including phenoxy) is 3. The third-order valence-corrected chi connectivity index (χ3v) is 5.29. The Hall–Kier alpha value is -0.460. The van der Waals surface area contributed by atoms with Gasteiger partial charge in [-0.3, -0.25) is 0 Å². The zero-order chi connectivity index (χ0) is 16.3. The van der Waals surface area contributed by atoms with E-state index in [1.54, 1.807) is 0 Å². The molecule has 23 heavy (non-hydrogen) atoms. The second-order valence-electron chi connectivity index (χ2n) is 6.59. The Morgan fingerprint density at radius 3 is 2.43 bits per heavy atom. The highest BCUT2D eigenvalue weighted by atomic mass is 79.9. The van der Waals surface area contributed by atoms with Crippen LogP contribution in [0.15, 0.2) is 28.7 Å². The van der Waals surface area contributed by atoms with Crippen molar-refractivity contribution in [2.24, 2.45) is 11.8 Å². The quantitative estimate of drug-likeness (QED) is 0.857. The molecule has 1 N–H and O–H groups in total. The van der Waals surface area contributed by atoms with E-state index >= 15 is 0 Å². The summed E-state index contributed by atoms with van der Waals surface area (Å²) in [5.74, 6) is -0.495. The lowest BCUT2D eigenvalue weighted by molar-refractivity contribution is -0.289. The van der Waals surface area contributed by atoms with Crippen LogP contribution in [0.25, 0.3) is 0 Å². The van der Waals surface area contributed by atoms with Crippen molar-refractivity contribution < 1.29 is 19.3 Å². The number of aliphatic hydroxyl groups is 1. The topological polar surface area (TPSA) is 47.9 Å². The van der Waals surface area contributed by atoms with Crippen molar-refractivity contribution in [3.8, 4) is 0 Å². The maximum atomic E-state index is 10.7. The maximum absolute atomic E-state index is 10.7. The van der Waals surface area contributed by atoms with Crippen molar-refractivity contribution in [2.45, 2.75) is 44.7 Å². The van der Waals surface area contributed by atoms with Gasteiger partial charge in [-0.25, -0.2) is 0 Å². The average molecular weight is 385 g/mol. The van der Waals surface area contributed by atoms with Gasteiger partial charge in [0.2, 0.25) is 0 Å². The molecule has 2 aliphatic heterocycles. The van der Waals surface area contributed by atoms with Crippen LogP contribution in [0.4, 0.5) is 0 Å². The van der Waals surface area contributed by atoms with Gasteiger partial charge in [0.05, 0.1) is 19.8 Å². The maximum Gasteiger partial charge on any atom is 0.192 e. The van der Waals surface area contributed by atoms with Crippen LogP contribution in [0.3, 0.4) is 0 Å². The van der Waals surface area contributed by atoms with Gasteiger partial charge in [-0.15, -0.1) is 0 Å². The molecule has 128 valence electrons. The van der Waals surface area contributed by atoms with E-state index < -0.39 is 5.79 Å². The molecule has 0 saturated carbocycles. The molecule has 2 heterocycles. The highest BCUT2D eigenvalue weighted by Crippen LogP contribution is 2.37. The molecular weight excluding hydrogens is 360 g/mol. The molecule has 0 amide bonds. The molecule has 2 aliphatic rings. The van der Waals surface area contributed by atoms with Crippen molar-refractivity contribution in [3.63, 3.8) is 0 Å². The summed E-state index contributed by atoms with van der Waals surface area (Å²) in [4.78, 5) is 0. The largest absolute Gasteiger partial charge is 0.362 e. The van der Waals surface area contributed by atoms with E-state index in [0.717, 1.165) is 42.5 Å². The molecular formula is C18H25BrO4. The summed E-state index contributed by atoms with van der Waals surface area (Å²) in [5.41, 5.74) is 0.799. The van der Waals surface area contributed by atoms with Crippen LogP contribution in [0.5, 0.6) is 0 Å². The standard InChI is InChI=1S/C18H25BrO4/c1-2-3-13-10-21-17(22-11-13)14-8-9-18(20,23-12-14)15-4-6-16(19)7-5-15/h4-7,13-14,17,20H,2-3,8-12H2,1H3. The van der Waals surface area contributed by atoms with E-state index in [4.69, 9.17) is 14.2 Å². The third kappa shape index (κ3) is 4.15. The summed E-state index contributed by atoms with van der Waals surface area (Å²) >= 11 is 3.41. The Labute approximate surface area is 146 Å². The van der Waals surface area contributed by atoms with E-state index in [0.29, 0.717) is 18.9 Å². The van der Waals surface area contributed by atoms with Gasteiger partial charge in [0.25, 0.3) is 0 Å². The second kappa shape index (κ2) is 7.62. The SMILES string of the molecule is CCCC1COC(C2CCC(O)(c3ccc(Br)cc3)OC2)OC1. The van der Waals surface area contributed by atoms with Crippen LogP contribution in [0.1, 0.15) is 38.2 Å². The fraction of sp³-hybridized carbons (Fsp3) is 0.667. The van der Waals surface area contributed by atoms with E-state index in [1.807, 2.05) is 24.3 Å². The first-order valence-corrected chi connectivity index (χ1v) is 9.25. The molecule has 2 saturated heterocycles. The summed E-state index contributed by atoms with van der Waals surface area (Å²) in [7, 11) is 0. The summed E-state index contributed by atoms with van der Waals surface area (Å²) in [5, 5.41) is 10.7. The van der Waals surface area contributed by atoms with Gasteiger partial charge in [-0.05, 0) is 25.0 Å². The molecule has 0 spiro atoms. The average Bonchev–Trinajstić information content (AvgIpc) is 2.57. The normalized spacial score (nSPS) is 35.2. The van der Waals surface area contributed by atoms with Gasteiger partial charge in [0, 0.05) is 28.3 Å². The smallest absolute Gasteiger partial charge is 0.192 e. The Kier molecular flexibility index (Phi) is 5.75. The lowest BCUT2D eigenvalue weighted by atomic mass is 9.91. The van der Waals surface area contributed by atoms with Gasteiger partial charge in [0.1, 0.15) is 0 Å². The fourth-order valence-corrected chi connectivity index (χ4v) is 3.60. The molecule has 0 bridgehead atoms. The van der Waals surface area contributed by atoms with E-state index in [9.17, 15) is 5.11 Å². The highest BCUT2D eigenvalue weighted by molar-refractivity contribution is 9.10. The second-order valence-corrected chi connectivity index (χ2v) is 7.51. The lowest BCUT2D eigenvalue weighted by Crippen LogP contribution is -2.44. The van der Waals surface area contributed by atoms with Crippen molar-refractivity contribution in [1.82, 2.24) is 0 Å². The minimum atomic E-state index is -1.20. The highest BCUT2D eigenvalue weighted by Gasteiger charge is 2.40. The molecule has 4 nitrogen and oxygen atoms in total. The van der Waals surface area contributed by atoms with Crippen molar-refractivity contribution >= 4 is 15.9 Å². The minimum absolute atomic E-state index is 0.188. The Bertz CT molecular complexity index is 488. The van der Waals surface area contributed by atoms with Gasteiger partial charge in [0.15, 0.2) is 12.1 Å². The number of benzene rings is 1. The van der Waals surface area contributed by atoms with E-state index in [1.165, 1.54) is 0 Å². The number of hydrogen-bond donors (Lipinski definition) is 1. The summed E-state index contributed by atoms with van der Waals surface area (Å²) < 4.78 is 18.6. The van der Waals surface area contributed by atoms with E-state index in [-0.39, 0.29) is 12.2 Å². The number of halogens is 1. The molecule has 1 aromatic carbocycles. The van der Waals surface area contributed by atoms with Crippen LogP contribution in [0.2, 0.25) is 0 Å². The summed E-state index contributed by atoms with van der Waals surface area (Å²) in [6, 6.07) is 7.63. The zero-order valence-electron chi connectivity index (χ0n) is 13.5. The molecule has 5 heteroatoms. The fourth-order valence-electron chi connectivity index (χ4n) is 3.34. The Morgan fingerprint density at radius 2 is 1.87 bits per heavy atom. The Balaban J connectivity index is 1.53. The van der Waals surface area contributed by atoms with Gasteiger partial charge >= 0.3 is 0 Å². The molecule has 2 fully saturated rings. The molecule has 0 radical (unpaired) electrons. The summed E-state index contributed by atoms with van der Waals surface area (Å²) in [6.07, 6.45) is 3.50. The first-order valence-electron chi connectivity index (χ1n) is 8.46. The predicted octanol–water partition coefficient (Wildman–Crippen LogP) is 3.81. The van der Waals surface area contributed by atoms with Crippen molar-refractivity contribution in [1.29, 1.82) is 0 Å². The van der Waals surface area contributed by atoms with Crippen LogP contribution in [-0.2, 0) is 20.0 Å². The van der Waals surface area contributed by atoms with E-state index in [2.05, 4.69) is 22.9 Å². The zero-order valence-corrected chi connectivity index (χ0v) is 15.1. The van der Waals surface area contributed by atoms with Crippen LogP contribution in [-0.4, -0.2) is 31.2 Å². The van der Waals surface area contributed by atoms with Crippen molar-refractivity contribution in [3.05, 3.63) is 34.3 Å². The van der Waals surface area contributed by atoms with Crippen LogP contribution >= 0.6 is 15.9 Å². The Morgan fingerprint density at radius 1 is 1.17 bits per heavy atom. The molecule has 0 aromatic heterocycles. The molecule has 3 rings (SSSR count). The monoisotopic (exact) mass is 384 g/mol. The molecule has 2 atom stereocenters. The molecule has 2 unspecified atom stereocenters. The predicted molar refractivity (Wildman–Crippen MR) is 90.8 cm³/mol. The van der Waals surface area contributed by atoms with Crippen LogP contribution in [0, 0.1) is 11.8 Å². The number of hydrogen-bond acceptors (Lipinski definition) is 4. The first kappa shape index (κ1) is 17.4.